The van der Waals surface area contributed by atoms with Crippen molar-refractivity contribution in [2.24, 2.45) is 0 Å². The number of phenolic OH excluding ortho intramolecular Hbond substituents is 1. The third-order valence-corrected chi connectivity index (χ3v) is 4.93. The highest BCUT2D eigenvalue weighted by Gasteiger charge is 2.35. The number of hydrogen-bond donors (Lipinski definition) is 1. The van der Waals surface area contributed by atoms with E-state index in [1.807, 2.05) is 6.92 Å². The van der Waals surface area contributed by atoms with Crippen LogP contribution in [0.25, 0.3) is 0 Å². The van der Waals surface area contributed by atoms with Crippen molar-refractivity contribution in [3.05, 3.63) is 17.7 Å². The van der Waals surface area contributed by atoms with Gasteiger partial charge in [-0.25, -0.2) is 0 Å². The van der Waals surface area contributed by atoms with Crippen LogP contribution in [0.15, 0.2) is 12.1 Å². The van der Waals surface area contributed by atoms with E-state index >= 15 is 0 Å². The van der Waals surface area contributed by atoms with E-state index in [1.54, 1.807) is 0 Å². The topological polar surface area (TPSA) is 82.1 Å². The molecule has 0 saturated carbocycles. The second-order valence-corrected chi connectivity index (χ2v) is 7.47. The lowest BCUT2D eigenvalue weighted by molar-refractivity contribution is 0.0427. The van der Waals surface area contributed by atoms with Crippen LogP contribution in [0.2, 0.25) is 0 Å². The molecule has 142 valence electrons. The Morgan fingerprint density at radius 1 is 1.04 bits per heavy atom. The number of aromatic hydroxyl groups is 1. The first-order valence-corrected chi connectivity index (χ1v) is 10.4. The number of hydrogen-bond acceptors (Lipinski definition) is 6. The number of fused-ring (bicyclic) bond motifs is 1. The van der Waals surface area contributed by atoms with Crippen LogP contribution in [0.4, 0.5) is 0 Å². The van der Waals surface area contributed by atoms with Crippen LogP contribution in [0.5, 0.6) is 17.2 Å². The molecule has 0 radical (unpaired) electrons. The lowest BCUT2D eigenvalue weighted by Gasteiger charge is -2.20. The van der Waals surface area contributed by atoms with Crippen molar-refractivity contribution >= 4 is 10.4 Å². The Morgan fingerprint density at radius 3 is 2.48 bits per heavy atom. The summed E-state index contributed by atoms with van der Waals surface area (Å²) in [7, 11) is -4.10. The van der Waals surface area contributed by atoms with Gasteiger partial charge in [0.15, 0.2) is 11.5 Å². The molecule has 0 aromatic heterocycles. The molecule has 25 heavy (non-hydrogen) atoms. The third kappa shape index (κ3) is 5.51. The first-order valence-electron chi connectivity index (χ1n) is 9.09. The Bertz CT molecular complexity index is 656. The summed E-state index contributed by atoms with van der Waals surface area (Å²) in [6, 6.07) is 2.81. The molecule has 0 amide bonds. The quantitative estimate of drug-likeness (QED) is 0.571. The molecule has 1 heterocycles. The summed E-state index contributed by atoms with van der Waals surface area (Å²) >= 11 is 0. The van der Waals surface area contributed by atoms with E-state index in [0.717, 1.165) is 19.3 Å². The minimum absolute atomic E-state index is 0.0356. The maximum absolute atomic E-state index is 11.6. The maximum atomic E-state index is 11.6. The maximum Gasteiger partial charge on any atom is 0.501 e. The standard InChI is InChI=1S/C18H28O6S/c1-3-5-6-7-8-9-10-15(22-13-4-2)17-14(19)11-12-16-18(17)24-25(20,21)23-16/h11-12,15,19H,3-10,13H2,1-2H3. The van der Waals surface area contributed by atoms with Gasteiger partial charge in [0.05, 0.1) is 11.7 Å². The van der Waals surface area contributed by atoms with E-state index in [1.165, 1.54) is 37.8 Å². The first kappa shape index (κ1) is 19.8. The van der Waals surface area contributed by atoms with Gasteiger partial charge in [0.2, 0.25) is 0 Å². The van der Waals surface area contributed by atoms with E-state index in [-0.39, 0.29) is 17.2 Å². The predicted octanol–water partition coefficient (Wildman–Crippen LogP) is 4.63. The molecule has 0 bridgehead atoms. The molecule has 0 saturated heterocycles. The Morgan fingerprint density at radius 2 is 1.76 bits per heavy atom. The summed E-state index contributed by atoms with van der Waals surface area (Å²) in [4.78, 5) is 0. The summed E-state index contributed by atoms with van der Waals surface area (Å²) in [6.07, 6.45) is 7.96. The van der Waals surface area contributed by atoms with Crippen LogP contribution in [0.3, 0.4) is 0 Å². The lowest BCUT2D eigenvalue weighted by Crippen LogP contribution is -2.10. The van der Waals surface area contributed by atoms with Gasteiger partial charge in [-0.15, -0.1) is 8.42 Å². The van der Waals surface area contributed by atoms with Crippen molar-refractivity contribution in [2.45, 2.75) is 71.3 Å². The largest absolute Gasteiger partial charge is 0.507 e. The number of phenols is 1. The Labute approximate surface area is 150 Å². The van der Waals surface area contributed by atoms with Gasteiger partial charge in [-0.2, -0.15) is 0 Å². The van der Waals surface area contributed by atoms with Gasteiger partial charge >= 0.3 is 10.4 Å². The van der Waals surface area contributed by atoms with Gasteiger partial charge in [0, 0.05) is 6.61 Å². The normalized spacial score (nSPS) is 16.1. The van der Waals surface area contributed by atoms with Crippen molar-refractivity contribution in [1.82, 2.24) is 0 Å². The third-order valence-electron chi connectivity index (χ3n) is 4.18. The minimum Gasteiger partial charge on any atom is -0.507 e. The lowest BCUT2D eigenvalue weighted by atomic mass is 9.99. The van der Waals surface area contributed by atoms with Crippen molar-refractivity contribution in [2.75, 3.05) is 6.61 Å². The molecule has 0 aliphatic carbocycles. The molecule has 1 aromatic rings. The van der Waals surface area contributed by atoms with Gasteiger partial charge < -0.3 is 18.2 Å². The van der Waals surface area contributed by atoms with E-state index < -0.39 is 16.5 Å². The van der Waals surface area contributed by atoms with Crippen molar-refractivity contribution in [3.63, 3.8) is 0 Å². The minimum atomic E-state index is -4.10. The van der Waals surface area contributed by atoms with Crippen LogP contribution < -0.4 is 8.37 Å². The molecule has 2 rings (SSSR count). The molecule has 1 unspecified atom stereocenters. The van der Waals surface area contributed by atoms with E-state index in [9.17, 15) is 13.5 Å². The zero-order valence-corrected chi connectivity index (χ0v) is 15.8. The van der Waals surface area contributed by atoms with Crippen molar-refractivity contribution in [3.8, 4) is 17.2 Å². The van der Waals surface area contributed by atoms with Gasteiger partial charge in [0.1, 0.15) is 5.75 Å². The van der Waals surface area contributed by atoms with Crippen LogP contribution in [-0.2, 0) is 15.1 Å². The summed E-state index contributed by atoms with van der Waals surface area (Å²) in [5.41, 5.74) is 0.362. The first-order chi connectivity index (χ1) is 12.0. The summed E-state index contributed by atoms with van der Waals surface area (Å²) < 4.78 is 38.8. The summed E-state index contributed by atoms with van der Waals surface area (Å²) in [5, 5.41) is 10.3. The number of unbranched alkanes of at least 4 members (excludes halogenated alkanes) is 5. The summed E-state index contributed by atoms with van der Waals surface area (Å²) in [6.45, 7) is 4.71. The highest BCUT2D eigenvalue weighted by atomic mass is 32.3. The number of rotatable bonds is 11. The second-order valence-electron chi connectivity index (χ2n) is 6.32. The fourth-order valence-corrected chi connectivity index (χ4v) is 3.70. The van der Waals surface area contributed by atoms with E-state index in [2.05, 4.69) is 6.92 Å². The highest BCUT2D eigenvalue weighted by molar-refractivity contribution is 7.82. The fraction of sp³-hybridized carbons (Fsp3) is 0.667. The molecule has 0 spiro atoms. The number of ether oxygens (including phenoxy) is 1. The molecule has 7 heteroatoms. The predicted molar refractivity (Wildman–Crippen MR) is 95.3 cm³/mol. The molecular formula is C18H28O6S. The van der Waals surface area contributed by atoms with Gasteiger partial charge in [-0.3, -0.25) is 0 Å². The Hall–Kier alpha value is -1.47. The average molecular weight is 372 g/mol. The van der Waals surface area contributed by atoms with Crippen molar-refractivity contribution < 1.29 is 26.6 Å². The zero-order chi connectivity index (χ0) is 18.3. The van der Waals surface area contributed by atoms with Gasteiger partial charge in [0.25, 0.3) is 0 Å². The SMILES string of the molecule is CCCCCCCCC(OCCC)c1c(O)ccc2c1OS(=O)(=O)O2. The van der Waals surface area contributed by atoms with Crippen LogP contribution in [0.1, 0.15) is 76.9 Å². The zero-order valence-electron chi connectivity index (χ0n) is 15.0. The van der Waals surface area contributed by atoms with E-state index in [4.69, 9.17) is 13.1 Å². The second kappa shape index (κ2) is 9.29. The molecule has 1 aromatic carbocycles. The number of benzene rings is 1. The molecular weight excluding hydrogens is 344 g/mol. The fourth-order valence-electron chi connectivity index (χ4n) is 2.94. The van der Waals surface area contributed by atoms with Gasteiger partial charge in [-0.1, -0.05) is 52.4 Å². The van der Waals surface area contributed by atoms with Gasteiger partial charge in [-0.05, 0) is 25.0 Å². The molecule has 0 fully saturated rings. The highest BCUT2D eigenvalue weighted by Crippen LogP contribution is 2.47. The molecule has 1 aliphatic heterocycles. The Kier molecular flexibility index (Phi) is 7.38. The molecule has 1 N–H and O–H groups in total. The monoisotopic (exact) mass is 372 g/mol. The van der Waals surface area contributed by atoms with E-state index in [0.29, 0.717) is 18.6 Å². The molecule has 1 atom stereocenters. The van der Waals surface area contributed by atoms with Crippen LogP contribution in [0, 0.1) is 0 Å². The average Bonchev–Trinajstić information content (AvgIpc) is 2.88. The molecule has 6 nitrogen and oxygen atoms in total. The smallest absolute Gasteiger partial charge is 0.501 e. The van der Waals surface area contributed by atoms with Crippen LogP contribution >= 0.6 is 0 Å². The molecule has 1 aliphatic rings. The van der Waals surface area contributed by atoms with Crippen LogP contribution in [-0.4, -0.2) is 20.1 Å². The van der Waals surface area contributed by atoms with Crippen molar-refractivity contribution in [1.29, 1.82) is 0 Å². The Balaban J connectivity index is 2.11. The summed E-state index contributed by atoms with van der Waals surface area (Å²) in [5.74, 6) is 0.111.